The van der Waals surface area contributed by atoms with Crippen LogP contribution >= 0.6 is 54.0 Å². The molecule has 0 spiro atoms. The van der Waals surface area contributed by atoms with Crippen molar-refractivity contribution in [1.29, 1.82) is 0 Å². The molecule has 0 saturated heterocycles. The second-order valence-electron chi connectivity index (χ2n) is 0. The Morgan fingerprint density at radius 3 is 0.400 bits per heavy atom. The van der Waals surface area contributed by atoms with Crippen LogP contribution in [-0.4, -0.2) is 0 Å². The minimum atomic E-state index is 0. The van der Waals surface area contributed by atoms with Gasteiger partial charge in [0.05, 0.1) is 0 Å². The molecule has 5 heavy (non-hydrogen) atoms. The Labute approximate surface area is 74.5 Å². The largest absolute Gasteiger partial charge is 0.197 e. The maximum absolute atomic E-state index is 0. The van der Waals surface area contributed by atoms with Gasteiger partial charge in [0, 0.05) is 21.1 Å². The van der Waals surface area contributed by atoms with Crippen LogP contribution in [0.15, 0.2) is 0 Å². The van der Waals surface area contributed by atoms with Crippen molar-refractivity contribution in [3.63, 3.8) is 0 Å². The van der Waals surface area contributed by atoms with E-state index in [-0.39, 0.29) is 75.0 Å². The molecule has 0 aromatic carbocycles. The zero-order valence-corrected chi connectivity index (χ0v) is 9.34. The first-order chi connectivity index (χ1) is 0. The van der Waals surface area contributed by atoms with E-state index in [1.165, 1.54) is 0 Å². The van der Waals surface area contributed by atoms with Crippen molar-refractivity contribution in [1.82, 2.24) is 0 Å². The van der Waals surface area contributed by atoms with Crippen LogP contribution in [0.1, 0.15) is 0 Å². The Morgan fingerprint density at radius 2 is 0.400 bits per heavy atom. The zero-order chi connectivity index (χ0) is 0. The maximum atomic E-state index is 0. The summed E-state index contributed by atoms with van der Waals surface area (Å²) in [6.45, 7) is 0. The molecular weight excluding hydrogens is 312 g/mol. The summed E-state index contributed by atoms with van der Waals surface area (Å²) in [5.74, 6) is 0. The van der Waals surface area contributed by atoms with E-state index in [0.717, 1.165) is 0 Å². The average Bonchev–Trinajstić information content (AvgIpc) is 0. The standard InChI is InChI=1S/4H2S.W/h4*1H2;. The Balaban J connectivity index is 0. The molecule has 0 atom stereocenters. The van der Waals surface area contributed by atoms with E-state index in [0.29, 0.717) is 0 Å². The normalized spacial score (nSPS) is 0. The van der Waals surface area contributed by atoms with Gasteiger partial charge >= 0.3 is 0 Å². The zero-order valence-electron chi connectivity index (χ0n) is 2.41. The third kappa shape index (κ3) is 23.3. The summed E-state index contributed by atoms with van der Waals surface area (Å²) in [7, 11) is 0. The van der Waals surface area contributed by atoms with Crippen LogP contribution in [0.4, 0.5) is 0 Å². The van der Waals surface area contributed by atoms with E-state index < -0.39 is 0 Å². The molecule has 0 fully saturated rings. The summed E-state index contributed by atoms with van der Waals surface area (Å²) in [5.41, 5.74) is 0. The van der Waals surface area contributed by atoms with Crippen molar-refractivity contribution >= 4 is 54.0 Å². The summed E-state index contributed by atoms with van der Waals surface area (Å²) in [6, 6.07) is 0. The molecule has 38 valence electrons. The molecule has 0 unspecified atom stereocenters. The molecule has 0 bridgehead atoms. The molecule has 5 heteroatoms. The Morgan fingerprint density at radius 1 is 0.400 bits per heavy atom. The molecule has 0 saturated carbocycles. The second kappa shape index (κ2) is 36.1. The van der Waals surface area contributed by atoms with Crippen LogP contribution < -0.4 is 0 Å². The smallest absolute Gasteiger partial charge is 0 e. The van der Waals surface area contributed by atoms with Gasteiger partial charge in [0.25, 0.3) is 0 Å². The van der Waals surface area contributed by atoms with Gasteiger partial charge in [0.15, 0.2) is 0 Å². The van der Waals surface area contributed by atoms with Gasteiger partial charge in [-0.05, 0) is 0 Å². The Hall–Kier alpha value is 2.09. The van der Waals surface area contributed by atoms with Crippen LogP contribution in [-0.2, 0) is 21.1 Å². The van der Waals surface area contributed by atoms with Crippen molar-refractivity contribution < 1.29 is 21.1 Å². The quantitative estimate of drug-likeness (QED) is 0.608. The van der Waals surface area contributed by atoms with Gasteiger partial charge in [-0.1, -0.05) is 0 Å². The fraction of sp³-hybridized carbons (Fsp3) is 0. The molecule has 0 aromatic rings. The molecule has 0 aliphatic heterocycles. The fourth-order valence-electron chi connectivity index (χ4n) is 0. The van der Waals surface area contributed by atoms with Gasteiger partial charge in [-0.25, -0.2) is 0 Å². The minimum absolute atomic E-state index is 0. The SMILES string of the molecule is S.S.S.S.[W]. The molecule has 0 aliphatic carbocycles. The van der Waals surface area contributed by atoms with E-state index >= 15 is 0 Å². The fourth-order valence-corrected chi connectivity index (χ4v) is 0. The second-order valence-corrected chi connectivity index (χ2v) is 0. The monoisotopic (exact) mass is 320 g/mol. The molecule has 0 heterocycles. The maximum Gasteiger partial charge on any atom is 0 e. The van der Waals surface area contributed by atoms with E-state index in [2.05, 4.69) is 0 Å². The molecule has 0 radical (unpaired) electrons. The van der Waals surface area contributed by atoms with E-state index in [4.69, 9.17) is 0 Å². The first kappa shape index (κ1) is 60.2. The van der Waals surface area contributed by atoms with Crippen molar-refractivity contribution in [2.24, 2.45) is 0 Å². The Kier molecular flexibility index (Phi) is 436. The third-order valence-electron chi connectivity index (χ3n) is 0. The molecule has 0 aromatic heterocycles. The third-order valence-corrected chi connectivity index (χ3v) is 0. The van der Waals surface area contributed by atoms with Gasteiger partial charge in [-0.2, -0.15) is 54.0 Å². The van der Waals surface area contributed by atoms with Crippen LogP contribution in [0, 0.1) is 0 Å². The average molecular weight is 320 g/mol. The number of hydrogen-bond acceptors (Lipinski definition) is 0. The predicted molar refractivity (Wildman–Crippen MR) is 41.5 cm³/mol. The van der Waals surface area contributed by atoms with Gasteiger partial charge < -0.3 is 0 Å². The van der Waals surface area contributed by atoms with Crippen LogP contribution in [0.3, 0.4) is 0 Å². The van der Waals surface area contributed by atoms with Crippen LogP contribution in [0.2, 0.25) is 0 Å². The summed E-state index contributed by atoms with van der Waals surface area (Å²) < 4.78 is 0. The first-order valence-corrected chi connectivity index (χ1v) is 0. The summed E-state index contributed by atoms with van der Waals surface area (Å²) in [6.07, 6.45) is 0. The molecule has 0 amide bonds. The van der Waals surface area contributed by atoms with Gasteiger partial charge in [0.2, 0.25) is 0 Å². The molecule has 0 nitrogen and oxygen atoms in total. The number of rotatable bonds is 0. The minimum Gasteiger partial charge on any atom is -0.197 e. The van der Waals surface area contributed by atoms with Crippen LogP contribution in [0.25, 0.3) is 0 Å². The summed E-state index contributed by atoms with van der Waals surface area (Å²) >= 11 is 0. The van der Waals surface area contributed by atoms with Gasteiger partial charge in [0.1, 0.15) is 0 Å². The van der Waals surface area contributed by atoms with E-state index in [9.17, 15) is 0 Å². The van der Waals surface area contributed by atoms with Crippen molar-refractivity contribution in [3.05, 3.63) is 0 Å². The van der Waals surface area contributed by atoms with E-state index in [1.54, 1.807) is 0 Å². The summed E-state index contributed by atoms with van der Waals surface area (Å²) in [4.78, 5) is 0. The molecule has 0 rings (SSSR count). The molecule has 0 N–H and O–H groups in total. The Bertz CT molecular complexity index is 3.61. The molecule has 0 aliphatic rings. The van der Waals surface area contributed by atoms with Crippen molar-refractivity contribution in [2.45, 2.75) is 0 Å². The predicted octanol–water partition coefficient (Wildman–Crippen LogP) is 0.449. The van der Waals surface area contributed by atoms with Crippen molar-refractivity contribution in [3.8, 4) is 0 Å². The van der Waals surface area contributed by atoms with Gasteiger partial charge in [-0.15, -0.1) is 0 Å². The van der Waals surface area contributed by atoms with Gasteiger partial charge in [-0.3, -0.25) is 0 Å². The van der Waals surface area contributed by atoms with Crippen molar-refractivity contribution in [2.75, 3.05) is 0 Å². The first-order valence-electron chi connectivity index (χ1n) is 0. The molecular formula is H8S4W. The topological polar surface area (TPSA) is 0 Å². The van der Waals surface area contributed by atoms with E-state index in [1.807, 2.05) is 0 Å². The number of hydrogen-bond donors (Lipinski definition) is 0. The van der Waals surface area contributed by atoms with Crippen LogP contribution in [0.5, 0.6) is 0 Å². The summed E-state index contributed by atoms with van der Waals surface area (Å²) in [5, 5.41) is 0.